The van der Waals surface area contributed by atoms with Crippen molar-refractivity contribution in [2.24, 2.45) is 17.8 Å². The Bertz CT molecular complexity index is 609. The number of hydrogen-bond donors (Lipinski definition) is 0. The summed E-state index contributed by atoms with van der Waals surface area (Å²) < 4.78 is 42.4. The first-order chi connectivity index (χ1) is 13.0. The fourth-order valence-corrected chi connectivity index (χ4v) is 5.68. The van der Waals surface area contributed by atoms with Gasteiger partial charge in [-0.25, -0.2) is 13.2 Å². The van der Waals surface area contributed by atoms with Gasteiger partial charge < -0.3 is 0 Å². The Morgan fingerprint density at radius 1 is 0.741 bits per heavy atom. The molecule has 2 fully saturated rings. The zero-order chi connectivity index (χ0) is 19.4. The molecule has 0 nitrogen and oxygen atoms in total. The Labute approximate surface area is 162 Å². The largest absolute Gasteiger partial charge is 0.203 e. The van der Waals surface area contributed by atoms with Crippen LogP contribution in [0.15, 0.2) is 6.07 Å². The van der Waals surface area contributed by atoms with Crippen LogP contribution in [0.1, 0.15) is 102 Å². The fourth-order valence-electron chi connectivity index (χ4n) is 5.68. The van der Waals surface area contributed by atoms with Crippen LogP contribution < -0.4 is 0 Å². The predicted octanol–water partition coefficient (Wildman–Crippen LogP) is 7.94. The molecule has 152 valence electrons. The topological polar surface area (TPSA) is 0 Å². The van der Waals surface area contributed by atoms with Crippen LogP contribution >= 0.6 is 0 Å². The molecule has 0 N–H and O–H groups in total. The summed E-state index contributed by atoms with van der Waals surface area (Å²) in [4.78, 5) is 0. The summed E-state index contributed by atoms with van der Waals surface area (Å²) in [5, 5.41) is 0. The monoisotopic (exact) mass is 380 g/mol. The second-order valence-electron chi connectivity index (χ2n) is 9.00. The standard InChI is InChI=1S/C24H35F3/c1-3-5-16-7-9-17(10-8-16)18-11-13-19(14-12-18)21-15-20(6-4-2)22(25)24(27)23(21)26/h15-19H,3-14H2,1-2H3. The third-order valence-electron chi connectivity index (χ3n) is 7.24. The highest BCUT2D eigenvalue weighted by atomic mass is 19.2. The highest BCUT2D eigenvalue weighted by molar-refractivity contribution is 5.31. The molecule has 2 saturated carbocycles. The summed E-state index contributed by atoms with van der Waals surface area (Å²) in [7, 11) is 0. The normalized spacial score (nSPS) is 29.1. The van der Waals surface area contributed by atoms with E-state index in [1.807, 2.05) is 6.92 Å². The molecule has 0 saturated heterocycles. The van der Waals surface area contributed by atoms with Gasteiger partial charge in [0.25, 0.3) is 0 Å². The van der Waals surface area contributed by atoms with Crippen molar-refractivity contribution in [3.8, 4) is 0 Å². The lowest BCUT2D eigenvalue weighted by Gasteiger charge is -2.38. The average molecular weight is 381 g/mol. The second-order valence-corrected chi connectivity index (χ2v) is 9.00. The van der Waals surface area contributed by atoms with Crippen LogP contribution in [-0.2, 0) is 6.42 Å². The molecule has 0 unspecified atom stereocenters. The Morgan fingerprint density at radius 2 is 1.33 bits per heavy atom. The molecule has 0 spiro atoms. The maximum atomic E-state index is 14.4. The Balaban J connectivity index is 1.61. The maximum absolute atomic E-state index is 14.4. The Hall–Kier alpha value is -0.990. The minimum Gasteiger partial charge on any atom is -0.203 e. The van der Waals surface area contributed by atoms with E-state index >= 15 is 0 Å². The van der Waals surface area contributed by atoms with Gasteiger partial charge in [-0.3, -0.25) is 0 Å². The van der Waals surface area contributed by atoms with Crippen molar-refractivity contribution >= 4 is 0 Å². The minimum absolute atomic E-state index is 0.0448. The molecule has 0 aliphatic heterocycles. The maximum Gasteiger partial charge on any atom is 0.194 e. The molecule has 0 aromatic heterocycles. The lowest BCUT2D eigenvalue weighted by Crippen LogP contribution is -2.25. The molecule has 0 radical (unpaired) electrons. The van der Waals surface area contributed by atoms with Crippen LogP contribution in [0, 0.1) is 35.2 Å². The SMILES string of the molecule is CCCc1cc(C2CCC(C3CCC(CCC)CC3)CC2)c(F)c(F)c1F. The molecule has 0 amide bonds. The Morgan fingerprint density at radius 3 is 1.89 bits per heavy atom. The second kappa shape index (κ2) is 9.47. The van der Waals surface area contributed by atoms with Crippen LogP contribution in [0.25, 0.3) is 0 Å². The molecule has 2 aliphatic rings. The smallest absolute Gasteiger partial charge is 0.194 e. The minimum atomic E-state index is -1.27. The van der Waals surface area contributed by atoms with Crippen LogP contribution in [0.3, 0.4) is 0 Å². The summed E-state index contributed by atoms with van der Waals surface area (Å²) in [6.45, 7) is 4.21. The molecule has 0 bridgehead atoms. The van der Waals surface area contributed by atoms with E-state index in [0.29, 0.717) is 17.5 Å². The third-order valence-corrected chi connectivity index (χ3v) is 7.24. The Kier molecular flexibility index (Phi) is 7.28. The van der Waals surface area contributed by atoms with E-state index in [-0.39, 0.29) is 5.92 Å². The van der Waals surface area contributed by atoms with Crippen LogP contribution in [0.5, 0.6) is 0 Å². The van der Waals surface area contributed by atoms with Gasteiger partial charge in [0, 0.05) is 0 Å². The van der Waals surface area contributed by atoms with Crippen molar-refractivity contribution in [2.45, 2.75) is 96.8 Å². The van der Waals surface area contributed by atoms with Gasteiger partial charge in [0.15, 0.2) is 17.5 Å². The van der Waals surface area contributed by atoms with E-state index in [9.17, 15) is 13.2 Å². The summed E-state index contributed by atoms with van der Waals surface area (Å²) in [6.07, 6.45) is 13.3. The molecule has 27 heavy (non-hydrogen) atoms. The molecular weight excluding hydrogens is 345 g/mol. The van der Waals surface area contributed by atoms with E-state index in [2.05, 4.69) is 6.92 Å². The molecular formula is C24H35F3. The first-order valence-electron chi connectivity index (χ1n) is 11.2. The van der Waals surface area contributed by atoms with Crippen molar-refractivity contribution in [1.29, 1.82) is 0 Å². The fraction of sp³-hybridized carbons (Fsp3) is 0.750. The molecule has 3 rings (SSSR count). The van der Waals surface area contributed by atoms with Gasteiger partial charge >= 0.3 is 0 Å². The number of halogens is 3. The summed E-state index contributed by atoms with van der Waals surface area (Å²) in [6, 6.07) is 1.61. The third kappa shape index (κ3) is 4.71. The van der Waals surface area contributed by atoms with E-state index in [0.717, 1.165) is 49.9 Å². The number of rotatable bonds is 6. The van der Waals surface area contributed by atoms with Crippen LogP contribution in [0.2, 0.25) is 0 Å². The zero-order valence-corrected chi connectivity index (χ0v) is 17.0. The first-order valence-corrected chi connectivity index (χ1v) is 11.2. The summed E-state index contributed by atoms with van der Waals surface area (Å²) >= 11 is 0. The number of benzene rings is 1. The van der Waals surface area contributed by atoms with Crippen molar-refractivity contribution in [3.63, 3.8) is 0 Å². The summed E-state index contributed by atoms with van der Waals surface area (Å²) in [5.74, 6) is -0.671. The van der Waals surface area contributed by atoms with Crippen molar-refractivity contribution in [3.05, 3.63) is 34.6 Å². The van der Waals surface area contributed by atoms with Crippen LogP contribution in [-0.4, -0.2) is 0 Å². The van der Waals surface area contributed by atoms with Gasteiger partial charge in [0.2, 0.25) is 0 Å². The first kappa shape index (κ1) is 20.7. The highest BCUT2D eigenvalue weighted by Gasteiger charge is 2.33. The lowest BCUT2D eigenvalue weighted by atomic mass is 9.68. The molecule has 0 atom stereocenters. The molecule has 1 aromatic rings. The van der Waals surface area contributed by atoms with Gasteiger partial charge in [-0.05, 0) is 85.8 Å². The van der Waals surface area contributed by atoms with Gasteiger partial charge in [0.05, 0.1) is 0 Å². The average Bonchev–Trinajstić information content (AvgIpc) is 2.70. The molecule has 1 aromatic carbocycles. The van der Waals surface area contributed by atoms with Crippen LogP contribution in [0.4, 0.5) is 13.2 Å². The van der Waals surface area contributed by atoms with Crippen molar-refractivity contribution < 1.29 is 13.2 Å². The van der Waals surface area contributed by atoms with E-state index < -0.39 is 17.5 Å². The van der Waals surface area contributed by atoms with Gasteiger partial charge in [-0.15, -0.1) is 0 Å². The zero-order valence-electron chi connectivity index (χ0n) is 17.0. The predicted molar refractivity (Wildman–Crippen MR) is 105 cm³/mol. The van der Waals surface area contributed by atoms with E-state index in [1.54, 1.807) is 6.07 Å². The number of hydrogen-bond acceptors (Lipinski definition) is 0. The molecule has 0 heterocycles. The van der Waals surface area contributed by atoms with Gasteiger partial charge in [0.1, 0.15) is 0 Å². The van der Waals surface area contributed by atoms with E-state index in [1.165, 1.54) is 38.5 Å². The quantitative estimate of drug-likeness (QED) is 0.439. The van der Waals surface area contributed by atoms with E-state index in [4.69, 9.17) is 0 Å². The van der Waals surface area contributed by atoms with Gasteiger partial charge in [-0.1, -0.05) is 46.0 Å². The lowest BCUT2D eigenvalue weighted by molar-refractivity contribution is 0.155. The van der Waals surface area contributed by atoms with Crippen molar-refractivity contribution in [1.82, 2.24) is 0 Å². The van der Waals surface area contributed by atoms with Gasteiger partial charge in [-0.2, -0.15) is 0 Å². The molecule has 2 aliphatic carbocycles. The van der Waals surface area contributed by atoms with Crippen molar-refractivity contribution in [2.75, 3.05) is 0 Å². The molecule has 3 heteroatoms. The summed E-state index contributed by atoms with van der Waals surface area (Å²) in [5.41, 5.74) is 0.755. The number of aryl methyl sites for hydroxylation is 1. The highest BCUT2D eigenvalue weighted by Crippen LogP contribution is 2.45.